The molecule has 1 aliphatic rings. The maximum atomic E-state index is 13.1. The summed E-state index contributed by atoms with van der Waals surface area (Å²) in [5.74, 6) is 1.11. The van der Waals surface area contributed by atoms with Crippen molar-refractivity contribution in [2.75, 3.05) is 34.3 Å². The highest BCUT2D eigenvalue weighted by atomic mass is 35.5. The van der Waals surface area contributed by atoms with Crippen LogP contribution in [0.5, 0.6) is 5.75 Å². The first-order valence-corrected chi connectivity index (χ1v) is 8.10. The van der Waals surface area contributed by atoms with Crippen LogP contribution in [0, 0.1) is 6.92 Å². The zero-order chi connectivity index (χ0) is 16.2. The van der Waals surface area contributed by atoms with Crippen LogP contribution in [0.3, 0.4) is 0 Å². The SMILES string of the molecule is CNCCN(C)C(=O)C1(c2ccc(C)c(OC)c2)CCCC1.Cl. The van der Waals surface area contributed by atoms with Crippen LogP contribution < -0.4 is 10.1 Å². The summed E-state index contributed by atoms with van der Waals surface area (Å²) >= 11 is 0. The first-order chi connectivity index (χ1) is 10.5. The van der Waals surface area contributed by atoms with Crippen LogP contribution in [-0.4, -0.2) is 45.1 Å². The molecule has 1 saturated carbocycles. The second-order valence-corrected chi connectivity index (χ2v) is 6.30. The van der Waals surface area contributed by atoms with Crippen molar-refractivity contribution in [3.8, 4) is 5.75 Å². The van der Waals surface area contributed by atoms with Crippen LogP contribution >= 0.6 is 12.4 Å². The third-order valence-electron chi connectivity index (χ3n) is 4.87. The van der Waals surface area contributed by atoms with Gasteiger partial charge in [0, 0.05) is 20.1 Å². The zero-order valence-electron chi connectivity index (χ0n) is 14.6. The Morgan fingerprint density at radius 1 is 1.35 bits per heavy atom. The van der Waals surface area contributed by atoms with Crippen molar-refractivity contribution in [1.82, 2.24) is 10.2 Å². The van der Waals surface area contributed by atoms with Crippen LogP contribution in [0.2, 0.25) is 0 Å². The monoisotopic (exact) mass is 340 g/mol. The molecule has 0 aliphatic heterocycles. The van der Waals surface area contributed by atoms with Gasteiger partial charge in [-0.15, -0.1) is 12.4 Å². The molecule has 1 aromatic carbocycles. The molecule has 0 heterocycles. The molecular formula is C18H29ClN2O2. The predicted octanol–water partition coefficient (Wildman–Crippen LogP) is 2.92. The van der Waals surface area contributed by atoms with Gasteiger partial charge in [-0.1, -0.05) is 25.0 Å². The highest BCUT2D eigenvalue weighted by Crippen LogP contribution is 2.43. The molecule has 5 heteroatoms. The van der Waals surface area contributed by atoms with Gasteiger partial charge in [-0.2, -0.15) is 0 Å². The molecule has 0 unspecified atom stereocenters. The number of amides is 1. The van der Waals surface area contributed by atoms with E-state index in [2.05, 4.69) is 23.5 Å². The van der Waals surface area contributed by atoms with Gasteiger partial charge in [0.2, 0.25) is 5.91 Å². The average Bonchev–Trinajstić information content (AvgIpc) is 3.03. The number of nitrogens with zero attached hydrogens (tertiary/aromatic N) is 1. The van der Waals surface area contributed by atoms with Crippen molar-refractivity contribution in [1.29, 1.82) is 0 Å². The van der Waals surface area contributed by atoms with Crippen molar-refractivity contribution < 1.29 is 9.53 Å². The maximum absolute atomic E-state index is 13.1. The smallest absolute Gasteiger partial charge is 0.233 e. The largest absolute Gasteiger partial charge is 0.496 e. The van der Waals surface area contributed by atoms with E-state index in [1.165, 1.54) is 0 Å². The molecule has 4 nitrogen and oxygen atoms in total. The average molecular weight is 341 g/mol. The molecule has 2 rings (SSSR count). The molecule has 0 spiro atoms. The van der Waals surface area contributed by atoms with Gasteiger partial charge >= 0.3 is 0 Å². The van der Waals surface area contributed by atoms with Crippen LogP contribution in [0.15, 0.2) is 18.2 Å². The Morgan fingerprint density at radius 3 is 2.57 bits per heavy atom. The minimum Gasteiger partial charge on any atom is -0.496 e. The molecule has 1 fully saturated rings. The molecule has 0 aromatic heterocycles. The van der Waals surface area contributed by atoms with Gasteiger partial charge in [-0.05, 0) is 44.0 Å². The van der Waals surface area contributed by atoms with E-state index in [1.807, 2.05) is 25.9 Å². The van der Waals surface area contributed by atoms with Crippen LogP contribution in [0.1, 0.15) is 36.8 Å². The lowest BCUT2D eigenvalue weighted by Crippen LogP contribution is -2.45. The Bertz CT molecular complexity index is 528. The van der Waals surface area contributed by atoms with Gasteiger partial charge in [0.05, 0.1) is 12.5 Å². The molecule has 1 amide bonds. The van der Waals surface area contributed by atoms with Crippen molar-refractivity contribution in [3.63, 3.8) is 0 Å². The number of carbonyl (C=O) groups excluding carboxylic acids is 1. The highest BCUT2D eigenvalue weighted by molar-refractivity contribution is 5.88. The van der Waals surface area contributed by atoms with E-state index in [9.17, 15) is 4.79 Å². The van der Waals surface area contributed by atoms with Gasteiger partial charge in [0.25, 0.3) is 0 Å². The first kappa shape index (κ1) is 19.8. The molecule has 23 heavy (non-hydrogen) atoms. The zero-order valence-corrected chi connectivity index (χ0v) is 15.5. The summed E-state index contributed by atoms with van der Waals surface area (Å²) in [6.07, 6.45) is 4.09. The fourth-order valence-corrected chi connectivity index (χ4v) is 3.47. The van der Waals surface area contributed by atoms with E-state index in [4.69, 9.17) is 4.74 Å². The second kappa shape index (κ2) is 8.55. The molecule has 0 bridgehead atoms. The van der Waals surface area contributed by atoms with Gasteiger partial charge in [-0.25, -0.2) is 0 Å². The van der Waals surface area contributed by atoms with E-state index in [0.717, 1.165) is 55.6 Å². The van der Waals surface area contributed by atoms with Crippen molar-refractivity contribution >= 4 is 18.3 Å². The number of benzene rings is 1. The Kier molecular flexibility index (Phi) is 7.36. The Labute approximate surface area is 146 Å². The summed E-state index contributed by atoms with van der Waals surface area (Å²) < 4.78 is 5.46. The number of rotatable bonds is 6. The first-order valence-electron chi connectivity index (χ1n) is 8.10. The molecule has 1 aromatic rings. The number of hydrogen-bond acceptors (Lipinski definition) is 3. The fraction of sp³-hybridized carbons (Fsp3) is 0.611. The minimum absolute atomic E-state index is 0. The maximum Gasteiger partial charge on any atom is 0.233 e. The van der Waals surface area contributed by atoms with Crippen molar-refractivity contribution in [2.24, 2.45) is 0 Å². The highest BCUT2D eigenvalue weighted by Gasteiger charge is 2.44. The van der Waals surface area contributed by atoms with E-state index in [0.29, 0.717) is 0 Å². The summed E-state index contributed by atoms with van der Waals surface area (Å²) in [6.45, 7) is 3.58. The third kappa shape index (κ3) is 3.99. The van der Waals surface area contributed by atoms with Gasteiger partial charge < -0.3 is 15.0 Å². The number of methoxy groups -OCH3 is 1. The summed E-state index contributed by atoms with van der Waals surface area (Å²) in [7, 11) is 5.51. The van der Waals surface area contributed by atoms with E-state index < -0.39 is 0 Å². The normalized spacial score (nSPS) is 15.8. The number of hydrogen-bond donors (Lipinski definition) is 1. The minimum atomic E-state index is -0.372. The molecule has 0 radical (unpaired) electrons. The summed E-state index contributed by atoms with van der Waals surface area (Å²) in [5.41, 5.74) is 1.84. The lowest BCUT2D eigenvalue weighted by Gasteiger charge is -2.33. The lowest BCUT2D eigenvalue weighted by atomic mass is 9.77. The Hall–Kier alpha value is -1.26. The summed E-state index contributed by atoms with van der Waals surface area (Å²) in [5, 5.41) is 3.11. The summed E-state index contributed by atoms with van der Waals surface area (Å²) in [4.78, 5) is 15.0. The van der Waals surface area contributed by atoms with E-state index in [-0.39, 0.29) is 23.7 Å². The van der Waals surface area contributed by atoms with E-state index >= 15 is 0 Å². The number of halogens is 1. The summed E-state index contributed by atoms with van der Waals surface area (Å²) in [6, 6.07) is 6.23. The fourth-order valence-electron chi connectivity index (χ4n) is 3.47. The number of carbonyl (C=O) groups is 1. The topological polar surface area (TPSA) is 41.6 Å². The molecule has 1 aliphatic carbocycles. The van der Waals surface area contributed by atoms with Crippen LogP contribution in [0.4, 0.5) is 0 Å². The third-order valence-corrected chi connectivity index (χ3v) is 4.87. The van der Waals surface area contributed by atoms with Gasteiger partial charge in [-0.3, -0.25) is 4.79 Å². The quantitative estimate of drug-likeness (QED) is 0.865. The second-order valence-electron chi connectivity index (χ2n) is 6.30. The molecule has 0 saturated heterocycles. The molecule has 1 N–H and O–H groups in total. The molecular weight excluding hydrogens is 312 g/mol. The van der Waals surface area contributed by atoms with Gasteiger partial charge in [0.15, 0.2) is 0 Å². The number of aryl methyl sites for hydroxylation is 1. The molecule has 0 atom stereocenters. The van der Waals surface area contributed by atoms with Crippen molar-refractivity contribution in [2.45, 2.75) is 38.0 Å². The van der Waals surface area contributed by atoms with Crippen molar-refractivity contribution in [3.05, 3.63) is 29.3 Å². The number of ether oxygens (including phenoxy) is 1. The lowest BCUT2D eigenvalue weighted by molar-refractivity contribution is -0.136. The van der Waals surface area contributed by atoms with E-state index in [1.54, 1.807) is 7.11 Å². The Balaban J connectivity index is 0.00000264. The standard InChI is InChI=1S/C18H28N2O2.ClH/c1-14-7-8-15(13-16(14)22-4)18(9-5-6-10-18)17(21)20(3)12-11-19-2;/h7-8,13,19H,5-6,9-12H2,1-4H3;1H. The number of likely N-dealkylation sites (N-methyl/N-ethyl adjacent to an activating group) is 2. The number of nitrogens with one attached hydrogen (secondary N) is 1. The predicted molar refractivity (Wildman–Crippen MR) is 96.7 cm³/mol. The Morgan fingerprint density at radius 2 is 2.00 bits per heavy atom. The van der Waals surface area contributed by atoms with Crippen LogP contribution in [-0.2, 0) is 10.2 Å². The van der Waals surface area contributed by atoms with Gasteiger partial charge in [0.1, 0.15) is 5.75 Å². The molecule has 130 valence electrons. The van der Waals surface area contributed by atoms with Crippen LogP contribution in [0.25, 0.3) is 0 Å².